The standard InChI is InChI=1S/C21H32O5/c1-6-7-15(22)11-13-10-14-12-16(24-5)8-9-21(14,4)18-17(13)19(23)26-20(2,3)25-18/h6,13-16,22H,1,7-12H2,2-5H3/t13-,14-,15+,16-,21-/m1/s1. The zero-order valence-corrected chi connectivity index (χ0v) is 16.4. The fourth-order valence-corrected chi connectivity index (χ4v) is 4.99. The van der Waals surface area contributed by atoms with E-state index in [0.29, 0.717) is 24.3 Å². The van der Waals surface area contributed by atoms with Crippen molar-refractivity contribution in [1.82, 2.24) is 0 Å². The third kappa shape index (κ3) is 3.44. The van der Waals surface area contributed by atoms with Crippen molar-refractivity contribution in [2.75, 3.05) is 7.11 Å². The normalized spacial score (nSPS) is 37.1. The second-order valence-corrected chi connectivity index (χ2v) is 8.73. The van der Waals surface area contributed by atoms with E-state index >= 15 is 0 Å². The maximum absolute atomic E-state index is 12.8. The minimum atomic E-state index is -0.955. The molecule has 2 aliphatic carbocycles. The van der Waals surface area contributed by atoms with E-state index in [0.717, 1.165) is 31.4 Å². The van der Waals surface area contributed by atoms with Crippen LogP contribution < -0.4 is 0 Å². The highest BCUT2D eigenvalue weighted by Crippen LogP contribution is 2.58. The van der Waals surface area contributed by atoms with Crippen molar-refractivity contribution in [2.45, 2.75) is 77.3 Å². The minimum absolute atomic E-state index is 0.0581. The van der Waals surface area contributed by atoms with Gasteiger partial charge in [-0.05, 0) is 50.4 Å². The molecule has 3 rings (SSSR count). The van der Waals surface area contributed by atoms with E-state index in [1.165, 1.54) is 0 Å². The molecule has 26 heavy (non-hydrogen) atoms. The molecule has 1 fully saturated rings. The van der Waals surface area contributed by atoms with Gasteiger partial charge in [-0.25, -0.2) is 4.79 Å². The summed E-state index contributed by atoms with van der Waals surface area (Å²) >= 11 is 0. The number of ether oxygens (including phenoxy) is 3. The van der Waals surface area contributed by atoms with Gasteiger partial charge in [0.05, 0.1) is 17.8 Å². The number of aliphatic hydroxyl groups is 1. The van der Waals surface area contributed by atoms with Gasteiger partial charge in [0.25, 0.3) is 0 Å². The maximum atomic E-state index is 12.8. The van der Waals surface area contributed by atoms with Crippen LogP contribution in [0, 0.1) is 17.3 Å². The second kappa shape index (κ2) is 7.01. The van der Waals surface area contributed by atoms with Crippen LogP contribution in [0.15, 0.2) is 24.0 Å². The molecule has 5 heteroatoms. The van der Waals surface area contributed by atoms with E-state index in [1.54, 1.807) is 27.0 Å². The van der Waals surface area contributed by atoms with Crippen LogP contribution in [0.3, 0.4) is 0 Å². The molecule has 5 atom stereocenters. The Kier molecular flexibility index (Phi) is 5.24. The van der Waals surface area contributed by atoms with Gasteiger partial charge in [0.2, 0.25) is 5.79 Å². The van der Waals surface area contributed by atoms with Crippen LogP contribution in [0.25, 0.3) is 0 Å². The molecular formula is C21H32O5. The van der Waals surface area contributed by atoms with Crippen molar-refractivity contribution in [3.05, 3.63) is 24.0 Å². The zero-order chi connectivity index (χ0) is 19.1. The van der Waals surface area contributed by atoms with Crippen molar-refractivity contribution in [3.8, 4) is 0 Å². The van der Waals surface area contributed by atoms with Crippen LogP contribution in [-0.4, -0.2) is 36.2 Å². The van der Waals surface area contributed by atoms with E-state index < -0.39 is 11.9 Å². The van der Waals surface area contributed by atoms with E-state index in [-0.39, 0.29) is 23.4 Å². The first-order valence-corrected chi connectivity index (χ1v) is 9.69. The monoisotopic (exact) mass is 364 g/mol. The fourth-order valence-electron chi connectivity index (χ4n) is 4.99. The Morgan fingerprint density at radius 2 is 2.08 bits per heavy atom. The topological polar surface area (TPSA) is 65.0 Å². The molecule has 0 radical (unpaired) electrons. The predicted molar refractivity (Wildman–Crippen MR) is 98.1 cm³/mol. The molecule has 0 aromatic carbocycles. The lowest BCUT2D eigenvalue weighted by molar-refractivity contribution is -0.223. The summed E-state index contributed by atoms with van der Waals surface area (Å²) < 4.78 is 17.4. The van der Waals surface area contributed by atoms with E-state index in [1.807, 2.05) is 0 Å². The molecule has 3 aliphatic rings. The van der Waals surface area contributed by atoms with E-state index in [2.05, 4.69) is 13.5 Å². The van der Waals surface area contributed by atoms with Gasteiger partial charge in [0.1, 0.15) is 5.76 Å². The number of aliphatic hydroxyl groups excluding tert-OH is 1. The van der Waals surface area contributed by atoms with Crippen molar-refractivity contribution in [3.63, 3.8) is 0 Å². The van der Waals surface area contributed by atoms with Crippen LogP contribution in [0.4, 0.5) is 0 Å². The number of fused-ring (bicyclic) bond motifs is 2. The number of hydrogen-bond donors (Lipinski definition) is 1. The van der Waals surface area contributed by atoms with Crippen molar-refractivity contribution >= 4 is 5.97 Å². The van der Waals surface area contributed by atoms with Crippen LogP contribution in [-0.2, 0) is 19.0 Å². The summed E-state index contributed by atoms with van der Waals surface area (Å²) in [7, 11) is 1.77. The molecule has 0 aromatic rings. The maximum Gasteiger partial charge on any atom is 0.340 e. The summed E-state index contributed by atoms with van der Waals surface area (Å²) in [6.07, 6.45) is 6.18. The van der Waals surface area contributed by atoms with Gasteiger partial charge in [-0.2, -0.15) is 0 Å². The first kappa shape index (κ1) is 19.4. The molecule has 146 valence electrons. The minimum Gasteiger partial charge on any atom is -0.456 e. The Balaban J connectivity index is 2.00. The Morgan fingerprint density at radius 3 is 2.73 bits per heavy atom. The van der Waals surface area contributed by atoms with Gasteiger partial charge in [0.15, 0.2) is 0 Å². The van der Waals surface area contributed by atoms with Gasteiger partial charge in [-0.15, -0.1) is 6.58 Å². The zero-order valence-electron chi connectivity index (χ0n) is 16.4. The summed E-state index contributed by atoms with van der Waals surface area (Å²) in [6.45, 7) is 9.48. The number of carbonyl (C=O) groups is 1. The second-order valence-electron chi connectivity index (χ2n) is 8.73. The van der Waals surface area contributed by atoms with E-state index in [4.69, 9.17) is 14.2 Å². The first-order chi connectivity index (χ1) is 12.2. The number of cyclic esters (lactones) is 1. The van der Waals surface area contributed by atoms with Crippen LogP contribution >= 0.6 is 0 Å². The molecule has 0 unspecified atom stereocenters. The number of esters is 1. The summed E-state index contributed by atoms with van der Waals surface area (Å²) in [4.78, 5) is 12.8. The molecular weight excluding hydrogens is 332 g/mol. The van der Waals surface area contributed by atoms with Crippen molar-refractivity contribution in [2.24, 2.45) is 17.3 Å². The Labute approximate surface area is 156 Å². The van der Waals surface area contributed by atoms with Crippen LogP contribution in [0.2, 0.25) is 0 Å². The molecule has 1 aliphatic heterocycles. The van der Waals surface area contributed by atoms with Gasteiger partial charge >= 0.3 is 5.97 Å². The highest BCUT2D eigenvalue weighted by Gasteiger charge is 2.55. The third-order valence-corrected chi connectivity index (χ3v) is 6.41. The molecule has 1 saturated carbocycles. The summed E-state index contributed by atoms with van der Waals surface area (Å²) in [5, 5.41) is 10.3. The largest absolute Gasteiger partial charge is 0.456 e. The highest BCUT2D eigenvalue weighted by atomic mass is 16.7. The molecule has 0 saturated heterocycles. The van der Waals surface area contributed by atoms with Gasteiger partial charge < -0.3 is 19.3 Å². The summed E-state index contributed by atoms with van der Waals surface area (Å²) in [5.41, 5.74) is 0.461. The Hall–Kier alpha value is -1.33. The lowest BCUT2D eigenvalue weighted by Crippen LogP contribution is -2.50. The van der Waals surface area contributed by atoms with Gasteiger partial charge in [-0.1, -0.05) is 13.0 Å². The molecule has 0 bridgehead atoms. The Morgan fingerprint density at radius 1 is 1.35 bits per heavy atom. The Bertz CT molecular complexity index is 608. The lowest BCUT2D eigenvalue weighted by atomic mass is 9.57. The third-order valence-electron chi connectivity index (χ3n) is 6.41. The summed E-state index contributed by atoms with van der Waals surface area (Å²) in [5.74, 6) is -0.149. The van der Waals surface area contributed by atoms with Crippen molar-refractivity contribution in [1.29, 1.82) is 0 Å². The SMILES string of the molecule is C=CC[C@H](O)C[C@H]1C[C@@H]2C[C@H](OC)CC[C@@]2(C)C2=C1C(=O)OC(C)(C)O2. The first-order valence-electron chi connectivity index (χ1n) is 9.69. The number of rotatable bonds is 5. The molecule has 1 N–H and O–H groups in total. The van der Waals surface area contributed by atoms with Gasteiger partial charge in [0, 0.05) is 26.4 Å². The van der Waals surface area contributed by atoms with Gasteiger partial charge in [-0.3, -0.25) is 0 Å². The molecule has 5 nitrogen and oxygen atoms in total. The van der Waals surface area contributed by atoms with Crippen molar-refractivity contribution < 1.29 is 24.1 Å². The molecule has 0 spiro atoms. The van der Waals surface area contributed by atoms with E-state index in [9.17, 15) is 9.90 Å². The number of carbonyl (C=O) groups excluding carboxylic acids is 1. The number of hydrogen-bond acceptors (Lipinski definition) is 5. The lowest BCUT2D eigenvalue weighted by Gasteiger charge is -2.53. The van der Waals surface area contributed by atoms with Crippen LogP contribution in [0.1, 0.15) is 59.3 Å². The quantitative estimate of drug-likeness (QED) is 0.595. The molecule has 1 heterocycles. The molecule has 0 amide bonds. The average Bonchev–Trinajstić information content (AvgIpc) is 2.54. The number of methoxy groups -OCH3 is 1. The fraction of sp³-hybridized carbons (Fsp3) is 0.762. The average molecular weight is 364 g/mol. The number of allylic oxidation sites excluding steroid dienone is 1. The highest BCUT2D eigenvalue weighted by molar-refractivity contribution is 5.91. The molecule has 0 aromatic heterocycles. The summed E-state index contributed by atoms with van der Waals surface area (Å²) in [6, 6.07) is 0. The van der Waals surface area contributed by atoms with Crippen LogP contribution in [0.5, 0.6) is 0 Å². The predicted octanol–water partition coefficient (Wildman–Crippen LogP) is 3.72. The smallest absolute Gasteiger partial charge is 0.340 e.